The van der Waals surface area contributed by atoms with Crippen LogP contribution in [0.25, 0.3) is 0 Å². The molecule has 2 aromatic carbocycles. The van der Waals surface area contributed by atoms with Gasteiger partial charge >= 0.3 is 0 Å². The number of ether oxygens (including phenoxy) is 2. The molecule has 0 atom stereocenters. The second-order valence-electron chi connectivity index (χ2n) is 11.6. The fraction of sp³-hybridized carbons (Fsp3) is 0.235. The minimum Gasteiger partial charge on any atom is -0.495 e. The number of anilines is 7. The molecule has 0 radical (unpaired) electrons. The zero-order valence-electron chi connectivity index (χ0n) is 31.0. The Morgan fingerprint density at radius 2 is 1.16 bits per heavy atom. The maximum absolute atomic E-state index is 11.8. The van der Waals surface area contributed by atoms with Crippen molar-refractivity contribution < 1.29 is 35.4 Å². The molecule has 0 spiro atoms. The zero-order chi connectivity index (χ0) is 40.5. The largest absolute Gasteiger partial charge is 0.495 e. The van der Waals surface area contributed by atoms with Gasteiger partial charge in [-0.2, -0.15) is 4.98 Å². The number of halogens is 1. The molecule has 0 aliphatic rings. The van der Waals surface area contributed by atoms with Gasteiger partial charge in [0.2, 0.25) is 23.0 Å². The third kappa shape index (κ3) is 11.5. The smallest absolute Gasteiger partial charge is 0.233 e. The van der Waals surface area contributed by atoms with E-state index in [-0.39, 0.29) is 21.0 Å². The van der Waals surface area contributed by atoms with E-state index in [1.165, 1.54) is 44.6 Å². The molecule has 5 N–H and O–H groups in total. The van der Waals surface area contributed by atoms with Gasteiger partial charge in [-0.25, -0.2) is 31.8 Å². The number of benzene rings is 2. The van der Waals surface area contributed by atoms with Gasteiger partial charge in [-0.15, -0.1) is 0 Å². The molecule has 6 rings (SSSR count). The summed E-state index contributed by atoms with van der Waals surface area (Å²) in [6.45, 7) is 7.52. The number of nitrogens with zero attached hydrogens (tertiary/aromatic N) is 6. The van der Waals surface area contributed by atoms with E-state index in [1.54, 1.807) is 30.6 Å². The van der Waals surface area contributed by atoms with E-state index in [2.05, 4.69) is 46.2 Å². The van der Waals surface area contributed by atoms with E-state index >= 15 is 0 Å². The average molecular weight is 815 g/mol. The van der Waals surface area contributed by atoms with E-state index in [9.17, 15) is 16.8 Å². The number of nitrogens with two attached hydrogens (primary N) is 1. The van der Waals surface area contributed by atoms with Gasteiger partial charge in [-0.05, 0) is 87.8 Å². The minimum atomic E-state index is -3.36. The molecule has 0 bridgehead atoms. The Morgan fingerprint density at radius 1 is 0.673 bits per heavy atom. The maximum atomic E-state index is 11.8. The highest BCUT2D eigenvalue weighted by Gasteiger charge is 2.15. The summed E-state index contributed by atoms with van der Waals surface area (Å²) in [5.74, 6) is 3.34. The van der Waals surface area contributed by atoms with Crippen LogP contribution in [0.4, 0.5) is 40.7 Å². The molecule has 21 heteroatoms. The first-order chi connectivity index (χ1) is 25.9. The maximum Gasteiger partial charge on any atom is 0.233 e. The molecule has 0 amide bonds. The molecule has 55 heavy (non-hydrogen) atoms. The van der Waals surface area contributed by atoms with E-state index < -0.39 is 19.7 Å². The van der Waals surface area contributed by atoms with Gasteiger partial charge in [0, 0.05) is 36.0 Å². The predicted molar refractivity (Wildman–Crippen MR) is 207 cm³/mol. The number of nitrogens with one attached hydrogen (secondary N) is 3. The third-order valence-electron chi connectivity index (χ3n) is 7.55. The summed E-state index contributed by atoms with van der Waals surface area (Å²) in [7, 11) is -3.58. The summed E-state index contributed by atoms with van der Waals surface area (Å²) in [4.78, 5) is 16.6. The highest BCUT2D eigenvalue weighted by atomic mass is 35.5. The Hall–Kier alpha value is -5.99. The molecule has 18 nitrogen and oxygen atoms in total. The fourth-order valence-corrected chi connectivity index (χ4v) is 5.72. The van der Waals surface area contributed by atoms with Gasteiger partial charge in [0.15, 0.2) is 19.7 Å². The predicted octanol–water partition coefficient (Wildman–Crippen LogP) is 6.14. The molecule has 0 aliphatic heterocycles. The van der Waals surface area contributed by atoms with Crippen LogP contribution in [-0.4, -0.2) is 73.8 Å². The SMILES string of the molecule is COc1ccc(S(C)(=O)=O)cc1N.COc1ccc(S(C)(=O)=O)cc1Nc1nccc(Nc2onc(C)c2C)n1.Cc1noc(Nc2ccnc(Cl)n2)c1C. The van der Waals surface area contributed by atoms with Crippen molar-refractivity contribution in [1.82, 2.24) is 30.2 Å². The first-order valence-electron chi connectivity index (χ1n) is 15.9. The van der Waals surface area contributed by atoms with Gasteiger partial charge in [0.05, 0.1) is 46.8 Å². The Kier molecular flexibility index (Phi) is 13.6. The number of sulfone groups is 2. The van der Waals surface area contributed by atoms with E-state index in [4.69, 9.17) is 35.9 Å². The van der Waals surface area contributed by atoms with Crippen LogP contribution >= 0.6 is 11.6 Å². The van der Waals surface area contributed by atoms with Crippen molar-refractivity contribution in [3.05, 3.63) is 88.7 Å². The van der Waals surface area contributed by atoms with Crippen LogP contribution in [0.1, 0.15) is 22.5 Å². The molecule has 0 fully saturated rings. The van der Waals surface area contributed by atoms with Crippen LogP contribution < -0.4 is 31.2 Å². The topological polar surface area (TPSA) is 252 Å². The van der Waals surface area contributed by atoms with Crippen LogP contribution in [-0.2, 0) is 19.7 Å². The summed E-state index contributed by atoms with van der Waals surface area (Å²) < 4.78 is 66.2. The van der Waals surface area contributed by atoms with Crippen LogP contribution in [0.2, 0.25) is 5.28 Å². The molecule has 4 heterocycles. The Labute approximate surface area is 322 Å². The molecule has 292 valence electrons. The Balaban J connectivity index is 0.000000202. The molecule has 0 saturated heterocycles. The number of rotatable bonds is 10. The lowest BCUT2D eigenvalue weighted by atomic mass is 10.3. The lowest BCUT2D eigenvalue weighted by molar-refractivity contribution is 0.416. The van der Waals surface area contributed by atoms with Gasteiger partial charge in [0.25, 0.3) is 0 Å². The molecule has 0 saturated carbocycles. The second kappa shape index (κ2) is 17.9. The molecular weight excluding hydrogens is 776 g/mol. The molecule has 4 aromatic heterocycles. The highest BCUT2D eigenvalue weighted by molar-refractivity contribution is 7.91. The zero-order valence-corrected chi connectivity index (χ0v) is 33.4. The summed E-state index contributed by atoms with van der Waals surface area (Å²) >= 11 is 5.65. The first kappa shape index (κ1) is 41.8. The normalized spacial score (nSPS) is 11.0. The highest BCUT2D eigenvalue weighted by Crippen LogP contribution is 2.30. The van der Waals surface area contributed by atoms with Crippen molar-refractivity contribution in [2.24, 2.45) is 0 Å². The van der Waals surface area contributed by atoms with E-state index in [1.807, 2.05) is 27.7 Å². The fourth-order valence-electron chi connectivity index (χ4n) is 4.27. The number of hydrogen-bond donors (Lipinski definition) is 4. The summed E-state index contributed by atoms with van der Waals surface area (Å²) in [5.41, 5.74) is 9.76. The Morgan fingerprint density at radius 3 is 1.62 bits per heavy atom. The second-order valence-corrected chi connectivity index (χ2v) is 16.0. The van der Waals surface area contributed by atoms with Crippen molar-refractivity contribution >= 4 is 72.0 Å². The quantitative estimate of drug-likeness (QED) is 0.0895. The van der Waals surface area contributed by atoms with Crippen LogP contribution in [0.15, 0.2) is 79.8 Å². The monoisotopic (exact) mass is 814 g/mol. The standard InChI is InChI=1S/C17H19N5O4S.C9H9ClN4O.C8H11NO3S/c1-10-11(2)22-26-16(10)20-15-7-8-18-17(21-15)19-13-9-12(27(4,23)24)5-6-14(13)25-3;1-5-6(2)14-15-8(5)12-7-3-4-11-9(10)13-7;1-12-8-4-3-6(5-7(8)9)13(2,10)11/h5-9H,1-4H3,(H2,18,19,20,21);3-4H,1-2H3,(H,11,12,13);3-5H,9H2,1-2H3. The number of methoxy groups -OCH3 is 2. The minimum absolute atomic E-state index is 0.160. The van der Waals surface area contributed by atoms with Gasteiger partial charge in [0.1, 0.15) is 23.1 Å². The lowest BCUT2D eigenvalue weighted by Gasteiger charge is -2.12. The third-order valence-corrected chi connectivity index (χ3v) is 9.96. The number of aromatic nitrogens is 6. The van der Waals surface area contributed by atoms with Crippen molar-refractivity contribution in [3.8, 4) is 11.5 Å². The Bertz CT molecular complexity index is 2490. The van der Waals surface area contributed by atoms with Crippen LogP contribution in [0, 0.1) is 27.7 Å². The van der Waals surface area contributed by atoms with E-state index in [0.717, 1.165) is 35.0 Å². The van der Waals surface area contributed by atoms with Crippen molar-refractivity contribution in [1.29, 1.82) is 0 Å². The number of nitrogen functional groups attached to an aromatic ring is 1. The van der Waals surface area contributed by atoms with Crippen molar-refractivity contribution in [3.63, 3.8) is 0 Å². The van der Waals surface area contributed by atoms with E-state index in [0.29, 0.717) is 46.3 Å². The molecule has 0 unspecified atom stereocenters. The summed E-state index contributed by atoms with van der Waals surface area (Å²) in [6, 6.07) is 12.3. The number of hydrogen-bond acceptors (Lipinski definition) is 18. The van der Waals surface area contributed by atoms with Crippen molar-refractivity contribution in [2.45, 2.75) is 37.5 Å². The molecule has 0 aliphatic carbocycles. The van der Waals surface area contributed by atoms with Gasteiger partial charge < -0.3 is 40.2 Å². The lowest BCUT2D eigenvalue weighted by Crippen LogP contribution is -2.04. The first-order valence-corrected chi connectivity index (χ1v) is 20.1. The van der Waals surface area contributed by atoms with Crippen LogP contribution in [0.5, 0.6) is 11.5 Å². The van der Waals surface area contributed by atoms with Crippen LogP contribution in [0.3, 0.4) is 0 Å². The summed E-state index contributed by atoms with van der Waals surface area (Å²) in [5, 5.41) is 16.9. The molecule has 6 aromatic rings. The summed E-state index contributed by atoms with van der Waals surface area (Å²) in [6.07, 6.45) is 5.40. The van der Waals surface area contributed by atoms with Crippen molar-refractivity contribution in [2.75, 3.05) is 48.4 Å². The molecular formula is C34H39ClN10O8S2. The van der Waals surface area contributed by atoms with Gasteiger partial charge in [-0.1, -0.05) is 10.3 Å². The average Bonchev–Trinajstić information content (AvgIpc) is 3.62. The van der Waals surface area contributed by atoms with Gasteiger partial charge in [-0.3, -0.25) is 0 Å². The number of aryl methyl sites for hydroxylation is 2.